The van der Waals surface area contributed by atoms with Gasteiger partial charge in [-0.1, -0.05) is 0 Å². The number of carbonyl (C=O) groups is 2. The van der Waals surface area contributed by atoms with Crippen molar-refractivity contribution in [2.45, 2.75) is 6.92 Å². The Kier molecular flexibility index (Phi) is 4.59. The molecule has 18 heavy (non-hydrogen) atoms. The molecular weight excluding hydrogens is 248 g/mol. The first kappa shape index (κ1) is 13.9. The molecule has 0 aliphatic heterocycles. The highest BCUT2D eigenvalue weighted by atomic mass is 19.2. The van der Waals surface area contributed by atoms with E-state index in [0.29, 0.717) is 12.1 Å². The van der Waals surface area contributed by atoms with Crippen molar-refractivity contribution in [1.29, 1.82) is 0 Å². The predicted octanol–water partition coefficient (Wildman–Crippen LogP) is 2.32. The summed E-state index contributed by atoms with van der Waals surface area (Å²) in [5.41, 5.74) is -0.524. The quantitative estimate of drug-likeness (QED) is 0.846. The first-order chi connectivity index (χ1) is 8.49. The van der Waals surface area contributed by atoms with E-state index in [1.807, 2.05) is 0 Å². The van der Waals surface area contributed by atoms with Gasteiger partial charge in [0.15, 0.2) is 11.6 Å². The monoisotopic (exact) mass is 259 g/mol. The second kappa shape index (κ2) is 5.95. The molecule has 5 nitrogen and oxygen atoms in total. The SMILES string of the molecule is CCOC(=O)Nc1cc(F)c(F)cc1C(=O)OC. The Labute approximate surface area is 102 Å². The van der Waals surface area contributed by atoms with E-state index in [2.05, 4.69) is 14.8 Å². The van der Waals surface area contributed by atoms with Crippen molar-refractivity contribution < 1.29 is 27.8 Å². The summed E-state index contributed by atoms with van der Waals surface area (Å²) in [5, 5.41) is 2.13. The highest BCUT2D eigenvalue weighted by Gasteiger charge is 2.18. The molecule has 0 saturated carbocycles. The van der Waals surface area contributed by atoms with Crippen LogP contribution >= 0.6 is 0 Å². The molecule has 1 rings (SSSR count). The number of halogens is 2. The van der Waals surface area contributed by atoms with Gasteiger partial charge in [0, 0.05) is 6.07 Å². The fourth-order valence-corrected chi connectivity index (χ4v) is 1.21. The van der Waals surface area contributed by atoms with Crippen molar-refractivity contribution in [3.05, 3.63) is 29.3 Å². The maximum Gasteiger partial charge on any atom is 0.411 e. The maximum atomic E-state index is 13.0. The first-order valence-corrected chi connectivity index (χ1v) is 5.00. The molecule has 98 valence electrons. The van der Waals surface area contributed by atoms with Gasteiger partial charge in [-0.05, 0) is 13.0 Å². The number of carbonyl (C=O) groups excluding carboxylic acids is 2. The molecule has 0 aliphatic carbocycles. The van der Waals surface area contributed by atoms with Crippen LogP contribution in [0.4, 0.5) is 19.3 Å². The van der Waals surface area contributed by atoms with E-state index in [1.54, 1.807) is 6.92 Å². The predicted molar refractivity (Wildman–Crippen MR) is 58.3 cm³/mol. The molecule has 0 fully saturated rings. The van der Waals surface area contributed by atoms with Gasteiger partial charge in [-0.25, -0.2) is 18.4 Å². The van der Waals surface area contributed by atoms with Crippen LogP contribution in [0.25, 0.3) is 0 Å². The number of benzene rings is 1. The van der Waals surface area contributed by atoms with Gasteiger partial charge in [0.1, 0.15) is 0 Å². The van der Waals surface area contributed by atoms with E-state index < -0.39 is 23.7 Å². The summed E-state index contributed by atoms with van der Waals surface area (Å²) >= 11 is 0. The van der Waals surface area contributed by atoms with Crippen molar-refractivity contribution in [2.75, 3.05) is 19.0 Å². The lowest BCUT2D eigenvalue weighted by atomic mass is 10.1. The standard InChI is InChI=1S/C11H11F2NO4/c1-3-18-11(16)14-9-5-8(13)7(12)4-6(9)10(15)17-2/h4-5H,3H2,1-2H3,(H,14,16). The zero-order valence-electron chi connectivity index (χ0n) is 9.75. The van der Waals surface area contributed by atoms with Crippen molar-refractivity contribution in [3.63, 3.8) is 0 Å². The zero-order chi connectivity index (χ0) is 13.7. The smallest absolute Gasteiger partial charge is 0.411 e. The van der Waals surface area contributed by atoms with E-state index in [0.717, 1.165) is 7.11 Å². The van der Waals surface area contributed by atoms with Crippen LogP contribution in [0.15, 0.2) is 12.1 Å². The Balaban J connectivity index is 3.11. The Morgan fingerprint density at radius 2 is 1.89 bits per heavy atom. The fraction of sp³-hybridized carbons (Fsp3) is 0.273. The van der Waals surface area contributed by atoms with E-state index in [1.165, 1.54) is 0 Å². The molecule has 1 aromatic rings. The lowest BCUT2D eigenvalue weighted by Gasteiger charge is -2.10. The average Bonchev–Trinajstić information content (AvgIpc) is 2.32. The Morgan fingerprint density at radius 3 is 2.44 bits per heavy atom. The van der Waals surface area contributed by atoms with Crippen molar-refractivity contribution in [1.82, 2.24) is 0 Å². The number of methoxy groups -OCH3 is 1. The third-order valence-corrected chi connectivity index (χ3v) is 1.98. The second-order valence-electron chi connectivity index (χ2n) is 3.15. The minimum atomic E-state index is -1.22. The molecule has 0 heterocycles. The van der Waals surface area contributed by atoms with Crippen LogP contribution < -0.4 is 5.32 Å². The van der Waals surface area contributed by atoms with Gasteiger partial charge in [0.05, 0.1) is 25.0 Å². The minimum Gasteiger partial charge on any atom is -0.465 e. The van der Waals surface area contributed by atoms with Crippen LogP contribution in [0, 0.1) is 11.6 Å². The average molecular weight is 259 g/mol. The van der Waals surface area contributed by atoms with Crippen LogP contribution in [0.1, 0.15) is 17.3 Å². The van der Waals surface area contributed by atoms with Gasteiger partial charge >= 0.3 is 12.1 Å². The molecule has 0 aromatic heterocycles. The van der Waals surface area contributed by atoms with Gasteiger partial charge in [0.25, 0.3) is 0 Å². The van der Waals surface area contributed by atoms with Gasteiger partial charge in [0.2, 0.25) is 0 Å². The molecule has 1 amide bonds. The number of nitrogens with one attached hydrogen (secondary N) is 1. The van der Waals surface area contributed by atoms with Crippen LogP contribution in [0.3, 0.4) is 0 Å². The molecule has 1 N–H and O–H groups in total. The summed E-state index contributed by atoms with van der Waals surface area (Å²) in [4.78, 5) is 22.5. The molecule has 0 atom stereocenters. The van der Waals surface area contributed by atoms with Gasteiger partial charge in [-0.15, -0.1) is 0 Å². The van der Waals surface area contributed by atoms with Crippen molar-refractivity contribution in [2.24, 2.45) is 0 Å². The normalized spacial score (nSPS) is 9.78. The van der Waals surface area contributed by atoms with Crippen LogP contribution in [-0.4, -0.2) is 25.8 Å². The highest BCUT2D eigenvalue weighted by molar-refractivity contribution is 5.99. The molecule has 0 aliphatic rings. The maximum absolute atomic E-state index is 13.0. The minimum absolute atomic E-state index is 0.100. The fourth-order valence-electron chi connectivity index (χ4n) is 1.21. The Hall–Kier alpha value is -2.18. The lowest BCUT2D eigenvalue weighted by Crippen LogP contribution is -2.17. The Bertz CT molecular complexity index is 476. The van der Waals surface area contributed by atoms with E-state index in [9.17, 15) is 18.4 Å². The third-order valence-electron chi connectivity index (χ3n) is 1.98. The number of anilines is 1. The van der Waals surface area contributed by atoms with Crippen LogP contribution in [0.5, 0.6) is 0 Å². The summed E-state index contributed by atoms with van der Waals surface area (Å²) in [7, 11) is 1.08. The summed E-state index contributed by atoms with van der Waals surface area (Å²) in [5.74, 6) is -3.32. The number of esters is 1. The third kappa shape index (κ3) is 3.16. The highest BCUT2D eigenvalue weighted by Crippen LogP contribution is 2.21. The summed E-state index contributed by atoms with van der Waals surface area (Å²) in [6.45, 7) is 1.68. The molecule has 0 bridgehead atoms. The molecule has 0 saturated heterocycles. The molecule has 0 spiro atoms. The molecule has 0 unspecified atom stereocenters. The van der Waals surface area contributed by atoms with Crippen molar-refractivity contribution >= 4 is 17.7 Å². The summed E-state index contributed by atoms with van der Waals surface area (Å²) < 4.78 is 35.0. The first-order valence-electron chi connectivity index (χ1n) is 5.00. The Morgan fingerprint density at radius 1 is 1.28 bits per heavy atom. The van der Waals surface area contributed by atoms with Crippen LogP contribution in [-0.2, 0) is 9.47 Å². The zero-order valence-corrected chi connectivity index (χ0v) is 9.75. The largest absolute Gasteiger partial charge is 0.465 e. The number of hydrogen-bond acceptors (Lipinski definition) is 4. The second-order valence-corrected chi connectivity index (χ2v) is 3.15. The lowest BCUT2D eigenvalue weighted by molar-refractivity contribution is 0.0601. The summed E-state index contributed by atoms with van der Waals surface area (Å²) in [6, 6.07) is 1.32. The summed E-state index contributed by atoms with van der Waals surface area (Å²) in [6.07, 6.45) is -0.881. The van der Waals surface area contributed by atoms with E-state index in [-0.39, 0.29) is 17.9 Å². The van der Waals surface area contributed by atoms with Crippen LogP contribution in [0.2, 0.25) is 0 Å². The van der Waals surface area contributed by atoms with Gasteiger partial charge in [-0.2, -0.15) is 0 Å². The number of amides is 1. The number of ether oxygens (including phenoxy) is 2. The van der Waals surface area contributed by atoms with Gasteiger partial charge < -0.3 is 9.47 Å². The molecule has 7 heteroatoms. The van der Waals surface area contributed by atoms with Gasteiger partial charge in [-0.3, -0.25) is 5.32 Å². The molecular formula is C11H11F2NO4. The van der Waals surface area contributed by atoms with E-state index >= 15 is 0 Å². The number of hydrogen-bond donors (Lipinski definition) is 1. The molecule has 0 radical (unpaired) electrons. The van der Waals surface area contributed by atoms with E-state index in [4.69, 9.17) is 0 Å². The van der Waals surface area contributed by atoms with Crippen molar-refractivity contribution in [3.8, 4) is 0 Å². The number of rotatable bonds is 3. The molecule has 1 aromatic carbocycles. The topological polar surface area (TPSA) is 64.6 Å².